The fourth-order valence-corrected chi connectivity index (χ4v) is 8.99. The van der Waals surface area contributed by atoms with E-state index in [0.29, 0.717) is 18.8 Å². The largest absolute Gasteiger partial charge is 0.524 e. The Morgan fingerprint density at radius 2 is 1.35 bits per heavy atom. The average molecular weight is 599 g/mol. The van der Waals surface area contributed by atoms with Gasteiger partial charge in [0.2, 0.25) is 0 Å². The highest BCUT2D eigenvalue weighted by molar-refractivity contribution is 8.33. The van der Waals surface area contributed by atoms with Crippen LogP contribution in [-0.2, 0) is 18.5 Å². The maximum atomic E-state index is 13.9. The van der Waals surface area contributed by atoms with Crippen molar-refractivity contribution in [2.45, 2.75) is 45.7 Å². The summed E-state index contributed by atoms with van der Waals surface area (Å²) in [5.41, 5.74) is -4.07. The third kappa shape index (κ3) is 6.35. The Balaban J connectivity index is 1.97. The molecule has 1 unspecified atom stereocenters. The predicted octanol–water partition coefficient (Wildman–Crippen LogP) is 6.79. The number of alkyl halides is 3. The van der Waals surface area contributed by atoms with Gasteiger partial charge in [-0.15, -0.1) is 0 Å². The second-order valence-electron chi connectivity index (χ2n) is 9.69. The summed E-state index contributed by atoms with van der Waals surface area (Å²) in [6, 6.07) is 19.7. The van der Waals surface area contributed by atoms with Crippen molar-refractivity contribution >= 4 is 31.8 Å². The molecule has 0 saturated carbocycles. The van der Waals surface area contributed by atoms with Crippen molar-refractivity contribution in [3.8, 4) is 5.75 Å². The van der Waals surface area contributed by atoms with E-state index in [-0.39, 0.29) is 14.7 Å². The first-order valence-corrected chi connectivity index (χ1v) is 15.6. The van der Waals surface area contributed by atoms with Crippen molar-refractivity contribution in [1.82, 2.24) is 0 Å². The Hall–Kier alpha value is -2.93. The van der Waals surface area contributed by atoms with E-state index >= 15 is 0 Å². The van der Waals surface area contributed by atoms with E-state index in [4.69, 9.17) is 13.1 Å². The zero-order chi connectivity index (χ0) is 29.1. The summed E-state index contributed by atoms with van der Waals surface area (Å²) in [6.07, 6.45) is 2.00. The second kappa shape index (κ2) is 11.9. The zero-order valence-electron chi connectivity index (χ0n) is 22.7. The predicted molar refractivity (Wildman–Crippen MR) is 151 cm³/mol. The molecule has 12 heteroatoms. The fourth-order valence-electron chi connectivity index (χ4n) is 4.25. The van der Waals surface area contributed by atoms with Gasteiger partial charge in [-0.2, -0.15) is 25.2 Å². The molecule has 1 heterocycles. The zero-order valence-corrected chi connectivity index (χ0v) is 24.4. The molecule has 40 heavy (non-hydrogen) atoms. The Labute approximate surface area is 235 Å². The lowest BCUT2D eigenvalue weighted by molar-refractivity contribution is -0.106. The molecule has 0 N–H and O–H groups in total. The molecule has 218 valence electrons. The Kier molecular flexibility index (Phi) is 8.93. The lowest BCUT2D eigenvalue weighted by atomic mass is 10.2. The standard InChI is InChI=1S/C28H33F3N2O5S2/c1-32(2)21-11-15-24(16-12-21)39(38-40(34,35)28(29,30)31,25-17-13-22(14-18-25)33(3)4)26-9-7-8-23(20-26)37-27-10-5-6-19-36-27/h7-9,11-18,20,27H,5-6,10,19H2,1-4H3. The lowest BCUT2D eigenvalue weighted by Crippen LogP contribution is -2.27. The van der Waals surface area contributed by atoms with Crippen LogP contribution in [0.3, 0.4) is 0 Å². The van der Waals surface area contributed by atoms with Crippen LogP contribution in [0, 0.1) is 0 Å². The quantitative estimate of drug-likeness (QED) is 0.251. The number of benzene rings is 3. The summed E-state index contributed by atoms with van der Waals surface area (Å²) < 4.78 is 84.2. The summed E-state index contributed by atoms with van der Waals surface area (Å²) in [4.78, 5) is 4.44. The third-order valence-electron chi connectivity index (χ3n) is 6.39. The number of nitrogens with zero attached hydrogens (tertiary/aromatic N) is 2. The highest BCUT2D eigenvalue weighted by Gasteiger charge is 2.52. The monoisotopic (exact) mass is 598 g/mol. The van der Waals surface area contributed by atoms with Crippen LogP contribution >= 0.6 is 10.3 Å². The SMILES string of the molecule is CN(C)c1ccc(S(OS(=O)(=O)C(F)(F)F)(c2ccc(N(C)C)cc2)c2cccc(OC3CCCCO3)c2)cc1. The molecule has 0 spiro atoms. The molecule has 1 saturated heterocycles. The third-order valence-corrected chi connectivity index (χ3v) is 11.3. The first-order chi connectivity index (χ1) is 18.8. The van der Waals surface area contributed by atoms with E-state index in [0.717, 1.165) is 24.2 Å². The van der Waals surface area contributed by atoms with Crippen LogP contribution in [-0.4, -0.2) is 55.0 Å². The number of ether oxygens (including phenoxy) is 2. The van der Waals surface area contributed by atoms with E-state index in [9.17, 15) is 21.6 Å². The van der Waals surface area contributed by atoms with Crippen LogP contribution in [0.1, 0.15) is 19.3 Å². The number of rotatable bonds is 9. The molecule has 7 nitrogen and oxygen atoms in total. The van der Waals surface area contributed by atoms with Gasteiger partial charge in [-0.1, -0.05) is 6.07 Å². The normalized spacial score (nSPS) is 16.8. The van der Waals surface area contributed by atoms with E-state index in [1.54, 1.807) is 72.8 Å². The number of hydrogen-bond acceptors (Lipinski definition) is 7. The van der Waals surface area contributed by atoms with Crippen molar-refractivity contribution in [3.63, 3.8) is 0 Å². The van der Waals surface area contributed by atoms with E-state index in [2.05, 4.69) is 0 Å². The Morgan fingerprint density at radius 1 is 0.800 bits per heavy atom. The van der Waals surface area contributed by atoms with Crippen molar-refractivity contribution < 1.29 is 34.7 Å². The molecule has 0 amide bonds. The van der Waals surface area contributed by atoms with Gasteiger partial charge in [0.05, 0.1) is 6.61 Å². The van der Waals surface area contributed by atoms with Gasteiger partial charge in [0.15, 0.2) is 6.29 Å². The molecule has 0 radical (unpaired) electrons. The molecule has 0 aliphatic carbocycles. The lowest BCUT2D eigenvalue weighted by Gasteiger charge is -2.40. The van der Waals surface area contributed by atoms with E-state index in [1.165, 1.54) is 0 Å². The molecule has 0 aromatic heterocycles. The first kappa shape index (κ1) is 30.0. The number of hydrogen-bond donors (Lipinski definition) is 0. The first-order valence-electron chi connectivity index (χ1n) is 12.6. The minimum atomic E-state index is -6.04. The van der Waals surface area contributed by atoms with Crippen molar-refractivity contribution in [3.05, 3.63) is 72.8 Å². The molecule has 1 fully saturated rings. The summed E-state index contributed by atoms with van der Waals surface area (Å²) in [5.74, 6) is 0.337. The molecule has 0 bridgehead atoms. The van der Waals surface area contributed by atoms with Gasteiger partial charge in [-0.05, 0) is 89.9 Å². The van der Waals surface area contributed by atoms with Crippen LogP contribution in [0.5, 0.6) is 5.75 Å². The Morgan fingerprint density at radius 3 is 1.80 bits per heavy atom. The van der Waals surface area contributed by atoms with Crippen molar-refractivity contribution in [2.24, 2.45) is 0 Å². The summed E-state index contributed by atoms with van der Waals surface area (Å²) in [6.45, 7) is 0.545. The highest BCUT2D eigenvalue weighted by Crippen LogP contribution is 2.71. The van der Waals surface area contributed by atoms with Crippen LogP contribution in [0.2, 0.25) is 0 Å². The van der Waals surface area contributed by atoms with Gasteiger partial charge in [0.25, 0.3) is 0 Å². The minimum absolute atomic E-state index is 0.226. The van der Waals surface area contributed by atoms with Crippen molar-refractivity contribution in [1.29, 1.82) is 0 Å². The maximum absolute atomic E-state index is 13.9. The van der Waals surface area contributed by atoms with Crippen LogP contribution in [0.25, 0.3) is 0 Å². The summed E-state index contributed by atoms with van der Waals surface area (Å²) in [7, 11) is -2.22. The van der Waals surface area contributed by atoms with Gasteiger partial charge in [0, 0.05) is 60.7 Å². The Bertz CT molecular complexity index is 1340. The maximum Gasteiger partial charge on any atom is 0.524 e. The molecular formula is C28H33F3N2O5S2. The molecule has 1 aliphatic heterocycles. The molecule has 3 aromatic rings. The van der Waals surface area contributed by atoms with Gasteiger partial charge in [-0.25, -0.2) is 0 Å². The smallest absolute Gasteiger partial charge is 0.465 e. The number of anilines is 2. The minimum Gasteiger partial charge on any atom is -0.465 e. The van der Waals surface area contributed by atoms with Crippen LogP contribution in [0.4, 0.5) is 24.5 Å². The van der Waals surface area contributed by atoms with Gasteiger partial charge < -0.3 is 19.3 Å². The summed E-state index contributed by atoms with van der Waals surface area (Å²) >= 11 is 0. The highest BCUT2D eigenvalue weighted by atomic mass is 32.3. The van der Waals surface area contributed by atoms with Gasteiger partial charge in [-0.3, -0.25) is 0 Å². The van der Waals surface area contributed by atoms with Gasteiger partial charge >= 0.3 is 15.6 Å². The molecule has 4 rings (SSSR count). The van der Waals surface area contributed by atoms with Crippen LogP contribution < -0.4 is 14.5 Å². The average Bonchev–Trinajstić information content (AvgIpc) is 2.92. The molecule has 1 aliphatic rings. The fraction of sp³-hybridized carbons (Fsp3) is 0.357. The molecule has 1 atom stereocenters. The van der Waals surface area contributed by atoms with E-state index in [1.807, 2.05) is 38.0 Å². The van der Waals surface area contributed by atoms with Crippen LogP contribution in [0.15, 0.2) is 87.5 Å². The molecule has 3 aromatic carbocycles. The topological polar surface area (TPSA) is 68.3 Å². The summed E-state index contributed by atoms with van der Waals surface area (Å²) in [5, 5.41) is 0. The second-order valence-corrected chi connectivity index (χ2v) is 14.1. The molecular weight excluding hydrogens is 565 g/mol. The van der Waals surface area contributed by atoms with Crippen molar-refractivity contribution in [2.75, 3.05) is 44.6 Å². The number of halogens is 3. The van der Waals surface area contributed by atoms with E-state index < -0.39 is 32.2 Å². The van der Waals surface area contributed by atoms with Gasteiger partial charge in [0.1, 0.15) is 5.75 Å².